The Morgan fingerprint density at radius 2 is 1.39 bits per heavy atom. The van der Waals surface area contributed by atoms with Gasteiger partial charge in [-0.3, -0.25) is 0 Å². The highest BCUT2D eigenvalue weighted by molar-refractivity contribution is 14.2. The molecule has 0 saturated carbocycles. The van der Waals surface area contributed by atoms with Crippen molar-refractivity contribution in [1.29, 1.82) is 5.53 Å². The lowest BCUT2D eigenvalue weighted by molar-refractivity contribution is 0.951. The molecule has 0 amide bonds. The van der Waals surface area contributed by atoms with Crippen LogP contribution < -0.4 is 0 Å². The van der Waals surface area contributed by atoms with Crippen LogP contribution in [0.15, 0.2) is 53.8 Å². The van der Waals surface area contributed by atoms with Gasteiger partial charge in [0.1, 0.15) is 0 Å². The summed E-state index contributed by atoms with van der Waals surface area (Å²) in [5, 5.41) is 3.34. The van der Waals surface area contributed by atoms with E-state index in [9.17, 15) is 0 Å². The molecule has 0 fully saturated rings. The van der Waals surface area contributed by atoms with Crippen LogP contribution in [0, 0.1) is 12.7 Å². The smallest absolute Gasteiger partial charge is 0.0703 e. The van der Waals surface area contributed by atoms with Crippen molar-refractivity contribution in [2.75, 3.05) is 0 Å². The van der Waals surface area contributed by atoms with Crippen LogP contribution in [0.25, 0.3) is 3.07 Å². The molecular formula is C14H13IN3+. The van der Waals surface area contributed by atoms with E-state index in [2.05, 4.69) is 56.8 Å². The number of nitrogens with one attached hydrogen (secondary N) is 1. The zero-order valence-corrected chi connectivity index (χ0v) is 12.0. The van der Waals surface area contributed by atoms with Gasteiger partial charge in [-0.2, -0.15) is 0 Å². The maximum Gasteiger partial charge on any atom is 0.235 e. The fourth-order valence-electron chi connectivity index (χ4n) is 2.25. The Balaban J connectivity index is 2.32. The van der Waals surface area contributed by atoms with Crippen LogP contribution in [0.2, 0.25) is 0 Å². The molecule has 0 unspecified atom stereocenters. The lowest BCUT2D eigenvalue weighted by atomic mass is 10.0. The zero-order chi connectivity index (χ0) is 12.4. The number of halogens is 1. The van der Waals surface area contributed by atoms with E-state index in [-0.39, 0.29) is 0 Å². The molecule has 0 saturated heterocycles. The average Bonchev–Trinajstić information content (AvgIpc) is 2.58. The first-order valence-corrected chi connectivity index (χ1v) is 8.95. The lowest BCUT2D eigenvalue weighted by Gasteiger charge is -2.01. The number of aryl methyl sites for hydroxylation is 2. The lowest BCUT2D eigenvalue weighted by Crippen LogP contribution is -1.91. The van der Waals surface area contributed by atoms with E-state index in [4.69, 9.17) is 5.53 Å². The van der Waals surface area contributed by atoms with Crippen molar-refractivity contribution in [3.8, 4) is 0 Å². The summed E-state index contributed by atoms with van der Waals surface area (Å²) in [6.45, 7) is 0. The van der Waals surface area contributed by atoms with Gasteiger partial charge in [0.2, 0.25) is 24.7 Å². The predicted octanol–water partition coefficient (Wildman–Crippen LogP) is 4.57. The predicted molar refractivity (Wildman–Crippen MR) is 80.2 cm³/mol. The largest absolute Gasteiger partial charge is 0.235 e. The summed E-state index contributed by atoms with van der Waals surface area (Å²) in [4.78, 5) is 0. The molecule has 18 heavy (non-hydrogen) atoms. The quantitative estimate of drug-likeness (QED) is 0.411. The van der Waals surface area contributed by atoms with Gasteiger partial charge in [0.05, 0.1) is 7.14 Å². The first-order valence-electron chi connectivity index (χ1n) is 5.83. The molecule has 0 radical (unpaired) electrons. The molecule has 0 spiro atoms. The second-order valence-corrected chi connectivity index (χ2v) is 8.38. The van der Waals surface area contributed by atoms with Crippen molar-refractivity contribution in [2.24, 2.45) is 5.22 Å². The first-order chi connectivity index (χ1) is 8.90. The van der Waals surface area contributed by atoms with Crippen LogP contribution in [-0.2, 0) is 12.8 Å². The van der Waals surface area contributed by atoms with Gasteiger partial charge in [0.15, 0.2) is 0 Å². The minimum atomic E-state index is -1.90. The van der Waals surface area contributed by atoms with Crippen LogP contribution >= 0.6 is 19.5 Å². The normalized spacial score (nSPS) is 14.0. The Morgan fingerprint density at radius 1 is 0.889 bits per heavy atom. The number of benzene rings is 2. The maximum atomic E-state index is 7.09. The van der Waals surface area contributed by atoms with Gasteiger partial charge in [-0.25, -0.2) is 0 Å². The monoisotopic (exact) mass is 350 g/mol. The fraction of sp³-hybridized carbons (Fsp3) is 0.143. The fourth-order valence-corrected chi connectivity index (χ4v) is 6.86. The van der Waals surface area contributed by atoms with Gasteiger partial charge in [-0.05, 0) is 36.1 Å². The molecule has 3 nitrogen and oxygen atoms in total. The second-order valence-electron chi connectivity index (χ2n) is 4.12. The van der Waals surface area contributed by atoms with Crippen molar-refractivity contribution < 1.29 is 0 Å². The molecule has 2 aromatic carbocycles. The Kier molecular flexibility index (Phi) is 3.21. The third-order valence-corrected chi connectivity index (χ3v) is 8.03. The number of rotatable bonds is 0. The van der Waals surface area contributed by atoms with Gasteiger partial charge >= 0.3 is 0 Å². The minimum Gasteiger partial charge on any atom is -0.0703 e. The van der Waals surface area contributed by atoms with E-state index < -0.39 is 19.5 Å². The van der Waals surface area contributed by atoms with E-state index in [1.807, 2.05) is 0 Å². The summed E-state index contributed by atoms with van der Waals surface area (Å²) in [5.74, 6) is 0. The third-order valence-electron chi connectivity index (χ3n) is 3.08. The number of nitrogens with zero attached hydrogens (tertiary/aromatic N) is 2. The molecule has 1 N–H and O–H groups in total. The van der Waals surface area contributed by atoms with Crippen LogP contribution in [-0.4, -0.2) is 0 Å². The Bertz CT molecular complexity index is 643. The van der Waals surface area contributed by atoms with E-state index in [1.165, 1.54) is 18.3 Å². The van der Waals surface area contributed by atoms with Crippen molar-refractivity contribution in [2.45, 2.75) is 12.8 Å². The molecule has 90 valence electrons. The summed E-state index contributed by atoms with van der Waals surface area (Å²) < 4.78 is 6.95. The topological polar surface area (TPSA) is 40.6 Å². The van der Waals surface area contributed by atoms with Gasteiger partial charge in [0.25, 0.3) is 0 Å². The highest BCUT2D eigenvalue weighted by atomic mass is 127. The van der Waals surface area contributed by atoms with Crippen molar-refractivity contribution in [1.82, 2.24) is 0 Å². The first kappa shape index (κ1) is 11.6. The van der Waals surface area contributed by atoms with Gasteiger partial charge in [-0.1, -0.05) is 39.5 Å². The van der Waals surface area contributed by atoms with Crippen molar-refractivity contribution >= 4 is 19.5 Å². The average molecular weight is 350 g/mol. The molecule has 1 heterocycles. The summed E-state index contributed by atoms with van der Waals surface area (Å²) in [5.41, 5.74) is 9.85. The molecular weight excluding hydrogens is 337 g/mol. The molecule has 1 aliphatic rings. The third kappa shape index (κ3) is 1.98. The molecule has 1 aliphatic heterocycles. The molecule has 4 heteroatoms. The number of hydrogen-bond donors (Lipinski definition) is 1. The highest BCUT2D eigenvalue weighted by Crippen LogP contribution is 2.43. The van der Waals surface area contributed by atoms with Gasteiger partial charge in [-0.15, -0.1) is 0 Å². The van der Waals surface area contributed by atoms with Crippen molar-refractivity contribution in [3.05, 3.63) is 69.9 Å². The minimum absolute atomic E-state index is 1.06. The summed E-state index contributed by atoms with van der Waals surface area (Å²) in [6, 6.07) is 17.0. The maximum absolute atomic E-state index is 7.09. The standard InChI is InChI=1S/C14H13IN3/c16-18-17-15-13-7-3-1-5-11(13)9-10-12-6-2-4-8-14(12)15/h1-8,16H,9-10H2/q+1. The van der Waals surface area contributed by atoms with Gasteiger partial charge < -0.3 is 0 Å². The van der Waals surface area contributed by atoms with E-state index in [0.29, 0.717) is 0 Å². The van der Waals surface area contributed by atoms with Crippen LogP contribution in [0.4, 0.5) is 0 Å². The highest BCUT2D eigenvalue weighted by Gasteiger charge is 2.21. The van der Waals surface area contributed by atoms with E-state index >= 15 is 0 Å². The molecule has 0 aromatic heterocycles. The van der Waals surface area contributed by atoms with Crippen LogP contribution in [0.3, 0.4) is 0 Å². The zero-order valence-electron chi connectivity index (χ0n) is 9.81. The molecule has 0 aliphatic carbocycles. The summed E-state index contributed by atoms with van der Waals surface area (Å²) in [7, 11) is 0. The Morgan fingerprint density at radius 3 is 1.89 bits per heavy atom. The Labute approximate surface area is 113 Å². The number of hydrogen-bond acceptors (Lipinski definition) is 2. The molecule has 0 bridgehead atoms. The van der Waals surface area contributed by atoms with Crippen molar-refractivity contribution in [3.63, 3.8) is 0 Å². The summed E-state index contributed by atoms with van der Waals surface area (Å²) in [6.07, 6.45) is 2.13. The van der Waals surface area contributed by atoms with Gasteiger partial charge in [0, 0.05) is 5.53 Å². The van der Waals surface area contributed by atoms with Crippen LogP contribution in [0.1, 0.15) is 11.1 Å². The second kappa shape index (κ2) is 5.00. The van der Waals surface area contributed by atoms with E-state index in [0.717, 1.165) is 12.8 Å². The molecule has 3 rings (SSSR count). The molecule has 2 aromatic rings. The van der Waals surface area contributed by atoms with E-state index in [1.54, 1.807) is 0 Å². The van der Waals surface area contributed by atoms with Crippen LogP contribution in [0.5, 0.6) is 0 Å². The molecule has 0 atom stereocenters. The number of fused-ring (bicyclic) bond motifs is 2. The summed E-state index contributed by atoms with van der Waals surface area (Å²) >= 11 is -1.90. The SMILES string of the molecule is N=N[N+]#I1c2ccccc2CCc2ccccc21. The Hall–Kier alpha value is -1.52.